The molecule has 0 radical (unpaired) electrons. The highest BCUT2D eigenvalue weighted by molar-refractivity contribution is 9.10. The lowest BCUT2D eigenvalue weighted by molar-refractivity contribution is 0.0758. The number of likely N-dealkylation sites (tertiary alicyclic amines) is 1. The van der Waals surface area contributed by atoms with Crippen LogP contribution in [0.15, 0.2) is 83.3 Å². The van der Waals surface area contributed by atoms with E-state index in [4.69, 9.17) is 9.72 Å². The molecule has 4 nitrogen and oxygen atoms in total. The van der Waals surface area contributed by atoms with E-state index in [0.29, 0.717) is 13.2 Å². The third kappa shape index (κ3) is 5.27. The van der Waals surface area contributed by atoms with Crippen molar-refractivity contribution in [3.05, 3.63) is 83.3 Å². The number of aliphatic hydroxyl groups excluding tert-OH is 1. The molecule has 4 aromatic rings. The van der Waals surface area contributed by atoms with Gasteiger partial charge in [0.25, 0.3) is 0 Å². The van der Waals surface area contributed by atoms with Crippen LogP contribution >= 0.6 is 15.9 Å². The van der Waals surface area contributed by atoms with Crippen LogP contribution in [0.5, 0.6) is 5.75 Å². The first-order valence-corrected chi connectivity index (χ1v) is 12.2. The number of rotatable bonds is 7. The minimum absolute atomic E-state index is 0.302. The summed E-state index contributed by atoms with van der Waals surface area (Å²) in [5, 5.41) is 11.4. The number of benzene rings is 3. The van der Waals surface area contributed by atoms with Crippen LogP contribution < -0.4 is 4.74 Å². The minimum atomic E-state index is -0.475. The number of nitrogens with zero attached hydrogens (tertiary/aromatic N) is 2. The Morgan fingerprint density at radius 1 is 0.909 bits per heavy atom. The molecular weight excluding hydrogens is 476 g/mol. The van der Waals surface area contributed by atoms with Crippen molar-refractivity contribution in [3.63, 3.8) is 0 Å². The first-order chi connectivity index (χ1) is 16.2. The lowest BCUT2D eigenvalue weighted by atomic mass is 9.98. The third-order valence-electron chi connectivity index (χ3n) is 6.12. The summed E-state index contributed by atoms with van der Waals surface area (Å²) in [4.78, 5) is 7.23. The van der Waals surface area contributed by atoms with E-state index in [1.807, 2.05) is 30.3 Å². The average molecular weight is 503 g/mol. The Labute approximate surface area is 203 Å². The SMILES string of the molecule is OC(COc1ccc(-c2cc(-c3ccccc3)c3ccc(Br)cc3n2)cc1)CN1CCCC1. The highest BCUT2D eigenvalue weighted by Gasteiger charge is 2.16. The zero-order chi connectivity index (χ0) is 22.6. The second kappa shape index (κ2) is 10.0. The van der Waals surface area contributed by atoms with Crippen LogP contribution in [-0.2, 0) is 0 Å². The molecular formula is C28H27BrN2O2. The average Bonchev–Trinajstić information content (AvgIpc) is 3.36. The van der Waals surface area contributed by atoms with Gasteiger partial charge in [-0.2, -0.15) is 0 Å². The maximum absolute atomic E-state index is 10.3. The number of fused-ring (bicyclic) bond motifs is 1. The van der Waals surface area contributed by atoms with Crippen LogP contribution in [0.4, 0.5) is 0 Å². The summed E-state index contributed by atoms with van der Waals surface area (Å²) in [6.07, 6.45) is 1.97. The monoisotopic (exact) mass is 502 g/mol. The first-order valence-electron chi connectivity index (χ1n) is 11.4. The van der Waals surface area contributed by atoms with Gasteiger partial charge in [0.2, 0.25) is 0 Å². The van der Waals surface area contributed by atoms with Gasteiger partial charge in [-0.05, 0) is 79.5 Å². The summed E-state index contributed by atoms with van der Waals surface area (Å²) in [6.45, 7) is 3.13. The summed E-state index contributed by atoms with van der Waals surface area (Å²) >= 11 is 3.58. The van der Waals surface area contributed by atoms with Crippen molar-refractivity contribution in [3.8, 4) is 28.1 Å². The van der Waals surface area contributed by atoms with E-state index in [1.54, 1.807) is 0 Å². The van der Waals surface area contributed by atoms with Gasteiger partial charge in [0.15, 0.2) is 0 Å². The second-order valence-corrected chi connectivity index (χ2v) is 9.50. The van der Waals surface area contributed by atoms with Crippen molar-refractivity contribution < 1.29 is 9.84 Å². The standard InChI is InChI=1S/C28H27BrN2O2/c29-22-10-13-25-26(20-6-2-1-3-7-20)17-27(30-28(25)16-22)21-8-11-24(12-9-21)33-19-23(32)18-31-14-4-5-15-31/h1-3,6-13,16-17,23,32H,4-5,14-15,18-19H2. The topological polar surface area (TPSA) is 45.6 Å². The van der Waals surface area contributed by atoms with E-state index in [2.05, 4.69) is 69.4 Å². The molecule has 0 spiro atoms. The van der Waals surface area contributed by atoms with E-state index in [0.717, 1.165) is 51.0 Å². The van der Waals surface area contributed by atoms with Crippen LogP contribution in [-0.4, -0.2) is 47.3 Å². The molecule has 5 rings (SSSR count). The van der Waals surface area contributed by atoms with Crippen LogP contribution in [0.3, 0.4) is 0 Å². The van der Waals surface area contributed by atoms with Gasteiger partial charge in [-0.1, -0.05) is 52.3 Å². The predicted octanol–water partition coefficient (Wildman–Crippen LogP) is 6.17. The van der Waals surface area contributed by atoms with Gasteiger partial charge in [0.05, 0.1) is 11.2 Å². The van der Waals surface area contributed by atoms with Crippen molar-refractivity contribution in [2.75, 3.05) is 26.2 Å². The van der Waals surface area contributed by atoms with Gasteiger partial charge in [-0.25, -0.2) is 4.98 Å². The van der Waals surface area contributed by atoms with Crippen molar-refractivity contribution in [1.29, 1.82) is 0 Å². The molecule has 1 aliphatic rings. The molecule has 2 heterocycles. The molecule has 1 saturated heterocycles. The fourth-order valence-electron chi connectivity index (χ4n) is 4.44. The van der Waals surface area contributed by atoms with Crippen LogP contribution in [0, 0.1) is 0 Å². The highest BCUT2D eigenvalue weighted by Crippen LogP contribution is 2.33. The fourth-order valence-corrected chi connectivity index (χ4v) is 4.79. The number of hydrogen-bond acceptors (Lipinski definition) is 4. The van der Waals surface area contributed by atoms with E-state index in [-0.39, 0.29) is 0 Å². The molecule has 1 atom stereocenters. The van der Waals surface area contributed by atoms with E-state index < -0.39 is 6.10 Å². The minimum Gasteiger partial charge on any atom is -0.491 e. The zero-order valence-corrected chi connectivity index (χ0v) is 20.0. The van der Waals surface area contributed by atoms with Crippen LogP contribution in [0.2, 0.25) is 0 Å². The quantitative estimate of drug-likeness (QED) is 0.328. The smallest absolute Gasteiger partial charge is 0.119 e. The fraction of sp³-hybridized carbons (Fsp3) is 0.250. The Hall–Kier alpha value is -2.73. The van der Waals surface area contributed by atoms with Gasteiger partial charge in [-0.15, -0.1) is 0 Å². The van der Waals surface area contributed by atoms with Gasteiger partial charge in [0, 0.05) is 22.0 Å². The number of pyridine rings is 1. The summed E-state index contributed by atoms with van der Waals surface area (Å²) in [7, 11) is 0. The van der Waals surface area contributed by atoms with Crippen molar-refractivity contribution in [2.45, 2.75) is 18.9 Å². The molecule has 0 aliphatic carbocycles. The lowest BCUT2D eigenvalue weighted by Crippen LogP contribution is -2.33. The molecule has 0 saturated carbocycles. The van der Waals surface area contributed by atoms with Gasteiger partial charge in [0.1, 0.15) is 18.5 Å². The van der Waals surface area contributed by atoms with Crippen LogP contribution in [0.25, 0.3) is 33.3 Å². The second-order valence-electron chi connectivity index (χ2n) is 8.58. The number of halogens is 1. The summed E-state index contributed by atoms with van der Waals surface area (Å²) in [5.74, 6) is 0.756. The lowest BCUT2D eigenvalue weighted by Gasteiger charge is -2.19. The third-order valence-corrected chi connectivity index (χ3v) is 6.61. The van der Waals surface area contributed by atoms with Crippen molar-refractivity contribution in [2.24, 2.45) is 0 Å². The summed E-state index contributed by atoms with van der Waals surface area (Å²) in [6, 6.07) is 26.8. The summed E-state index contributed by atoms with van der Waals surface area (Å²) in [5.41, 5.74) is 5.22. The number of β-amino-alcohol motifs (C(OH)–C–C–N with tert-alkyl or cyclic N) is 1. The maximum Gasteiger partial charge on any atom is 0.119 e. The molecule has 1 aromatic heterocycles. The normalized spacial score (nSPS) is 15.1. The Morgan fingerprint density at radius 3 is 2.42 bits per heavy atom. The molecule has 1 N–H and O–H groups in total. The molecule has 33 heavy (non-hydrogen) atoms. The van der Waals surface area contributed by atoms with E-state index in [9.17, 15) is 5.11 Å². The largest absolute Gasteiger partial charge is 0.491 e. The Kier molecular flexibility index (Phi) is 6.72. The van der Waals surface area contributed by atoms with Gasteiger partial charge in [-0.3, -0.25) is 0 Å². The molecule has 5 heteroatoms. The molecule has 1 fully saturated rings. The highest BCUT2D eigenvalue weighted by atomic mass is 79.9. The van der Waals surface area contributed by atoms with E-state index >= 15 is 0 Å². The zero-order valence-electron chi connectivity index (χ0n) is 18.5. The van der Waals surface area contributed by atoms with Gasteiger partial charge < -0.3 is 14.7 Å². The molecule has 3 aromatic carbocycles. The molecule has 0 amide bonds. The van der Waals surface area contributed by atoms with Crippen LogP contribution in [0.1, 0.15) is 12.8 Å². The first kappa shape index (κ1) is 22.1. The molecule has 1 unspecified atom stereocenters. The summed E-state index contributed by atoms with van der Waals surface area (Å²) < 4.78 is 6.85. The number of ether oxygens (including phenoxy) is 1. The molecule has 1 aliphatic heterocycles. The van der Waals surface area contributed by atoms with Gasteiger partial charge >= 0.3 is 0 Å². The number of aromatic nitrogens is 1. The Bertz CT molecular complexity index is 1220. The van der Waals surface area contributed by atoms with E-state index in [1.165, 1.54) is 18.4 Å². The number of hydrogen-bond donors (Lipinski definition) is 1. The van der Waals surface area contributed by atoms with Crippen molar-refractivity contribution in [1.82, 2.24) is 9.88 Å². The Morgan fingerprint density at radius 2 is 1.67 bits per heavy atom. The predicted molar refractivity (Wildman–Crippen MR) is 137 cm³/mol. The molecule has 168 valence electrons. The van der Waals surface area contributed by atoms with Crippen molar-refractivity contribution >= 4 is 26.8 Å². The maximum atomic E-state index is 10.3. The Balaban J connectivity index is 1.37. The molecule has 0 bridgehead atoms. The number of aliphatic hydroxyl groups is 1.